The molecule has 0 spiro atoms. The van der Waals surface area contributed by atoms with Gasteiger partial charge in [-0.2, -0.15) is 0 Å². The van der Waals surface area contributed by atoms with Gasteiger partial charge in [0.25, 0.3) is 0 Å². The van der Waals surface area contributed by atoms with E-state index in [1.165, 1.54) is 16.7 Å². The number of sulfonamides is 1. The lowest BCUT2D eigenvalue weighted by Crippen LogP contribution is -2.35. The van der Waals surface area contributed by atoms with Crippen molar-refractivity contribution in [3.63, 3.8) is 0 Å². The van der Waals surface area contributed by atoms with Gasteiger partial charge in [0, 0.05) is 20.2 Å². The molecule has 0 amide bonds. The van der Waals surface area contributed by atoms with Crippen LogP contribution in [0.5, 0.6) is 0 Å². The Balaban J connectivity index is 2.07. The number of nitrogens with two attached hydrogens (primary N) is 1. The molecule has 0 aromatic carbocycles. The molecular formula is C11H19N5O3S. The van der Waals surface area contributed by atoms with E-state index in [2.05, 4.69) is 15.4 Å². The van der Waals surface area contributed by atoms with Crippen molar-refractivity contribution in [2.75, 3.05) is 32.2 Å². The van der Waals surface area contributed by atoms with E-state index in [0.717, 1.165) is 19.4 Å². The fraction of sp³-hybridized carbons (Fsp3) is 0.636. The molecule has 1 fully saturated rings. The van der Waals surface area contributed by atoms with Gasteiger partial charge in [-0.1, -0.05) is 0 Å². The number of hydrogen-bond donors (Lipinski definition) is 2. The fourth-order valence-electron chi connectivity index (χ4n) is 2.12. The first-order valence-electron chi connectivity index (χ1n) is 6.37. The molecule has 1 aliphatic rings. The molecule has 9 heteroatoms. The fourth-order valence-corrected chi connectivity index (χ4v) is 3.26. The summed E-state index contributed by atoms with van der Waals surface area (Å²) in [5, 5.41) is 0. The maximum absolute atomic E-state index is 12.4. The van der Waals surface area contributed by atoms with Crippen LogP contribution in [-0.2, 0) is 14.8 Å². The van der Waals surface area contributed by atoms with Gasteiger partial charge in [-0.25, -0.2) is 28.5 Å². The van der Waals surface area contributed by atoms with E-state index < -0.39 is 10.0 Å². The SMILES string of the molecule is CN(CC1CCCOC1)S(=O)(=O)c1cnc(NN)nc1. The Morgan fingerprint density at radius 3 is 2.75 bits per heavy atom. The Hall–Kier alpha value is -1.29. The van der Waals surface area contributed by atoms with Crippen LogP contribution in [0.25, 0.3) is 0 Å². The van der Waals surface area contributed by atoms with E-state index in [9.17, 15) is 8.42 Å². The van der Waals surface area contributed by atoms with Gasteiger partial charge in [-0.05, 0) is 18.8 Å². The molecule has 0 aliphatic carbocycles. The maximum Gasteiger partial charge on any atom is 0.245 e. The number of hydrazine groups is 1. The molecule has 1 atom stereocenters. The summed E-state index contributed by atoms with van der Waals surface area (Å²) in [6.45, 7) is 1.79. The maximum atomic E-state index is 12.4. The van der Waals surface area contributed by atoms with Crippen LogP contribution in [0.2, 0.25) is 0 Å². The molecule has 112 valence electrons. The number of nitrogens with one attached hydrogen (secondary N) is 1. The van der Waals surface area contributed by atoms with Crippen LogP contribution in [0.1, 0.15) is 12.8 Å². The highest BCUT2D eigenvalue weighted by molar-refractivity contribution is 7.89. The summed E-state index contributed by atoms with van der Waals surface area (Å²) in [5.41, 5.74) is 2.25. The van der Waals surface area contributed by atoms with Gasteiger partial charge < -0.3 is 4.74 Å². The zero-order chi connectivity index (χ0) is 14.6. The van der Waals surface area contributed by atoms with Gasteiger partial charge in [0.05, 0.1) is 19.0 Å². The molecular weight excluding hydrogens is 282 g/mol. The molecule has 0 saturated carbocycles. The van der Waals surface area contributed by atoms with Crippen LogP contribution in [-0.4, -0.2) is 49.5 Å². The van der Waals surface area contributed by atoms with Gasteiger partial charge in [0.15, 0.2) is 0 Å². The van der Waals surface area contributed by atoms with E-state index >= 15 is 0 Å². The van der Waals surface area contributed by atoms with E-state index in [1.54, 1.807) is 7.05 Å². The van der Waals surface area contributed by atoms with Crippen LogP contribution in [0.15, 0.2) is 17.3 Å². The molecule has 1 saturated heterocycles. The second-order valence-corrected chi connectivity index (χ2v) is 6.80. The van der Waals surface area contributed by atoms with Crippen molar-refractivity contribution in [1.29, 1.82) is 0 Å². The lowest BCUT2D eigenvalue weighted by molar-refractivity contribution is 0.0495. The van der Waals surface area contributed by atoms with Gasteiger partial charge in [0.2, 0.25) is 16.0 Å². The predicted molar refractivity (Wildman–Crippen MR) is 73.2 cm³/mol. The second-order valence-electron chi connectivity index (χ2n) is 4.76. The molecule has 0 radical (unpaired) electrons. The van der Waals surface area contributed by atoms with Crippen LogP contribution in [0, 0.1) is 5.92 Å². The molecule has 8 nitrogen and oxygen atoms in total. The Morgan fingerprint density at radius 2 is 2.20 bits per heavy atom. The number of aromatic nitrogens is 2. The first kappa shape index (κ1) is 15.1. The van der Waals surface area contributed by atoms with Crippen molar-refractivity contribution < 1.29 is 13.2 Å². The molecule has 2 heterocycles. The third-order valence-corrected chi connectivity index (χ3v) is 5.01. The zero-order valence-corrected chi connectivity index (χ0v) is 12.1. The minimum Gasteiger partial charge on any atom is -0.381 e. The lowest BCUT2D eigenvalue weighted by atomic mass is 10.0. The van der Waals surface area contributed by atoms with Crippen molar-refractivity contribution in [2.45, 2.75) is 17.7 Å². The number of anilines is 1. The van der Waals surface area contributed by atoms with Crippen LogP contribution in [0.4, 0.5) is 5.95 Å². The minimum absolute atomic E-state index is 0.0516. The van der Waals surface area contributed by atoms with E-state index in [-0.39, 0.29) is 16.8 Å². The molecule has 1 unspecified atom stereocenters. The summed E-state index contributed by atoms with van der Waals surface area (Å²) in [4.78, 5) is 7.68. The summed E-state index contributed by atoms with van der Waals surface area (Å²) in [6.07, 6.45) is 4.43. The molecule has 1 aromatic heterocycles. The highest BCUT2D eigenvalue weighted by Gasteiger charge is 2.25. The highest BCUT2D eigenvalue weighted by atomic mass is 32.2. The quantitative estimate of drug-likeness (QED) is 0.573. The Kier molecular flexibility index (Phi) is 4.86. The molecule has 3 N–H and O–H groups in total. The van der Waals surface area contributed by atoms with E-state index in [0.29, 0.717) is 13.2 Å². The average molecular weight is 301 g/mol. The van der Waals surface area contributed by atoms with Crippen LogP contribution < -0.4 is 11.3 Å². The Labute approximate surface area is 118 Å². The van der Waals surface area contributed by atoms with Crippen LogP contribution in [0.3, 0.4) is 0 Å². The topological polar surface area (TPSA) is 110 Å². The van der Waals surface area contributed by atoms with Crippen molar-refractivity contribution in [1.82, 2.24) is 14.3 Å². The zero-order valence-electron chi connectivity index (χ0n) is 11.3. The molecule has 1 aromatic rings. The summed E-state index contributed by atoms with van der Waals surface area (Å²) >= 11 is 0. The van der Waals surface area contributed by atoms with Crippen LogP contribution >= 0.6 is 0 Å². The molecule has 20 heavy (non-hydrogen) atoms. The number of rotatable bonds is 5. The highest BCUT2D eigenvalue weighted by Crippen LogP contribution is 2.19. The largest absolute Gasteiger partial charge is 0.381 e. The van der Waals surface area contributed by atoms with Gasteiger partial charge >= 0.3 is 0 Å². The number of nitrogen functional groups attached to an aromatic ring is 1. The monoisotopic (exact) mass is 301 g/mol. The third-order valence-electron chi connectivity index (χ3n) is 3.24. The summed E-state index contributed by atoms with van der Waals surface area (Å²) < 4.78 is 31.4. The van der Waals surface area contributed by atoms with Crippen molar-refractivity contribution in [3.05, 3.63) is 12.4 Å². The number of ether oxygens (including phenoxy) is 1. The first-order valence-corrected chi connectivity index (χ1v) is 7.81. The predicted octanol–water partition coefficient (Wildman–Crippen LogP) is -0.191. The Bertz CT molecular complexity index is 527. The normalized spacial score (nSPS) is 20.1. The van der Waals surface area contributed by atoms with Crippen molar-refractivity contribution in [2.24, 2.45) is 11.8 Å². The third kappa shape index (κ3) is 3.42. The first-order chi connectivity index (χ1) is 9.54. The molecule has 1 aliphatic heterocycles. The number of nitrogens with zero attached hydrogens (tertiary/aromatic N) is 3. The van der Waals surface area contributed by atoms with Gasteiger partial charge in [0.1, 0.15) is 4.90 Å². The van der Waals surface area contributed by atoms with E-state index in [4.69, 9.17) is 10.6 Å². The summed E-state index contributed by atoms with van der Waals surface area (Å²) in [6, 6.07) is 0. The Morgan fingerprint density at radius 1 is 1.50 bits per heavy atom. The molecule has 2 rings (SSSR count). The van der Waals surface area contributed by atoms with Gasteiger partial charge in [-0.15, -0.1) is 0 Å². The van der Waals surface area contributed by atoms with Gasteiger partial charge in [-0.3, -0.25) is 5.43 Å². The minimum atomic E-state index is -3.58. The number of hydrogen-bond acceptors (Lipinski definition) is 7. The smallest absolute Gasteiger partial charge is 0.245 e. The summed E-state index contributed by atoms with van der Waals surface area (Å²) in [5.74, 6) is 5.55. The lowest BCUT2D eigenvalue weighted by Gasteiger charge is -2.26. The second kappa shape index (κ2) is 6.44. The van der Waals surface area contributed by atoms with Crippen molar-refractivity contribution >= 4 is 16.0 Å². The summed E-state index contributed by atoms with van der Waals surface area (Å²) in [7, 11) is -2.02. The van der Waals surface area contributed by atoms with Crippen molar-refractivity contribution in [3.8, 4) is 0 Å². The molecule has 0 bridgehead atoms. The average Bonchev–Trinajstić information content (AvgIpc) is 2.48. The standard InChI is InChI=1S/C11H19N5O3S/c1-16(7-9-3-2-4-19-8-9)20(17,18)10-5-13-11(15-12)14-6-10/h5-6,9H,2-4,7-8,12H2,1H3,(H,13,14,15). The van der Waals surface area contributed by atoms with E-state index in [1.807, 2.05) is 0 Å².